The largest absolute Gasteiger partial charge is 0.480 e. The van der Waals surface area contributed by atoms with E-state index in [9.17, 15) is 4.79 Å². The van der Waals surface area contributed by atoms with Crippen molar-refractivity contribution in [2.75, 3.05) is 6.54 Å². The molecular formula is C8H16ClNO2. The van der Waals surface area contributed by atoms with Crippen molar-refractivity contribution in [3.63, 3.8) is 0 Å². The molecule has 0 aliphatic carbocycles. The van der Waals surface area contributed by atoms with Crippen LogP contribution in [0.1, 0.15) is 26.2 Å². The van der Waals surface area contributed by atoms with Crippen LogP contribution in [0.5, 0.6) is 0 Å². The van der Waals surface area contributed by atoms with Crippen LogP contribution in [-0.2, 0) is 4.79 Å². The van der Waals surface area contributed by atoms with Crippen LogP contribution in [-0.4, -0.2) is 23.7 Å². The van der Waals surface area contributed by atoms with Crippen molar-refractivity contribution < 1.29 is 9.90 Å². The molecule has 0 saturated carbocycles. The van der Waals surface area contributed by atoms with Crippen molar-refractivity contribution in [2.24, 2.45) is 5.92 Å². The van der Waals surface area contributed by atoms with E-state index in [1.165, 1.54) is 0 Å². The number of aliphatic carboxylic acids is 1. The van der Waals surface area contributed by atoms with Gasteiger partial charge in [0, 0.05) is 0 Å². The number of rotatable bonds is 2. The molecule has 2 N–H and O–H groups in total. The number of hydrogen-bond acceptors (Lipinski definition) is 2. The van der Waals surface area contributed by atoms with Gasteiger partial charge in [0.2, 0.25) is 0 Å². The van der Waals surface area contributed by atoms with Crippen LogP contribution in [0, 0.1) is 5.92 Å². The number of piperidine rings is 1. The molecule has 1 aliphatic heterocycles. The summed E-state index contributed by atoms with van der Waals surface area (Å²) in [4.78, 5) is 10.6. The normalized spacial score (nSPS) is 29.1. The van der Waals surface area contributed by atoms with E-state index in [2.05, 4.69) is 12.2 Å². The highest BCUT2D eigenvalue weighted by Gasteiger charge is 2.24. The van der Waals surface area contributed by atoms with Crippen molar-refractivity contribution >= 4 is 18.4 Å². The highest BCUT2D eigenvalue weighted by Crippen LogP contribution is 2.18. The third-order valence-corrected chi connectivity index (χ3v) is 2.39. The first kappa shape index (κ1) is 11.7. The summed E-state index contributed by atoms with van der Waals surface area (Å²) >= 11 is 0. The monoisotopic (exact) mass is 193 g/mol. The maximum absolute atomic E-state index is 10.6. The lowest BCUT2D eigenvalue weighted by Gasteiger charge is -2.26. The van der Waals surface area contributed by atoms with Crippen LogP contribution in [0.2, 0.25) is 0 Å². The number of nitrogens with one attached hydrogen (secondary N) is 1. The number of carboxylic acids is 1. The molecule has 0 bridgehead atoms. The molecule has 12 heavy (non-hydrogen) atoms. The van der Waals surface area contributed by atoms with E-state index in [4.69, 9.17) is 5.11 Å². The zero-order valence-corrected chi connectivity index (χ0v) is 8.06. The van der Waals surface area contributed by atoms with Gasteiger partial charge in [0.15, 0.2) is 0 Å². The van der Waals surface area contributed by atoms with Gasteiger partial charge in [-0.05, 0) is 25.3 Å². The highest BCUT2D eigenvalue weighted by molar-refractivity contribution is 5.85. The number of halogens is 1. The lowest BCUT2D eigenvalue weighted by atomic mass is 9.90. The van der Waals surface area contributed by atoms with Gasteiger partial charge in [-0.2, -0.15) is 0 Å². The first-order valence-electron chi connectivity index (χ1n) is 4.20. The Balaban J connectivity index is 0.00000121. The minimum atomic E-state index is -0.705. The molecule has 0 spiro atoms. The molecule has 0 aromatic rings. The van der Waals surface area contributed by atoms with E-state index in [-0.39, 0.29) is 18.4 Å². The topological polar surface area (TPSA) is 49.3 Å². The number of carboxylic acid groups (broad SMARTS) is 1. The minimum absolute atomic E-state index is 0. The predicted molar refractivity (Wildman–Crippen MR) is 49.7 cm³/mol. The third kappa shape index (κ3) is 2.99. The molecule has 1 aliphatic rings. The van der Waals surface area contributed by atoms with Crippen LogP contribution < -0.4 is 5.32 Å². The average Bonchev–Trinajstić information content (AvgIpc) is 2.05. The average molecular weight is 194 g/mol. The second-order valence-corrected chi connectivity index (χ2v) is 3.14. The van der Waals surface area contributed by atoms with E-state index < -0.39 is 5.97 Å². The van der Waals surface area contributed by atoms with Gasteiger partial charge >= 0.3 is 5.97 Å². The second kappa shape index (κ2) is 5.38. The van der Waals surface area contributed by atoms with Crippen LogP contribution in [0.4, 0.5) is 0 Å². The Morgan fingerprint density at radius 2 is 2.33 bits per heavy atom. The number of carbonyl (C=O) groups is 1. The summed E-state index contributed by atoms with van der Waals surface area (Å²) in [5.74, 6) is -0.0968. The zero-order chi connectivity index (χ0) is 8.27. The van der Waals surface area contributed by atoms with Crippen LogP contribution in [0.15, 0.2) is 0 Å². The summed E-state index contributed by atoms with van der Waals surface area (Å²) in [6, 6.07) is -0.298. The molecule has 72 valence electrons. The lowest BCUT2D eigenvalue weighted by molar-refractivity contribution is -0.140. The van der Waals surface area contributed by atoms with Gasteiger partial charge in [-0.15, -0.1) is 12.4 Å². The molecule has 1 saturated heterocycles. The maximum atomic E-state index is 10.6. The lowest BCUT2D eigenvalue weighted by Crippen LogP contribution is -2.43. The maximum Gasteiger partial charge on any atom is 0.320 e. The van der Waals surface area contributed by atoms with Crippen molar-refractivity contribution in [1.29, 1.82) is 0 Å². The molecular weight excluding hydrogens is 178 g/mol. The molecule has 1 rings (SSSR count). The molecule has 1 fully saturated rings. The fourth-order valence-corrected chi connectivity index (χ4v) is 1.56. The van der Waals surface area contributed by atoms with E-state index in [1.54, 1.807) is 0 Å². The van der Waals surface area contributed by atoms with Gasteiger partial charge in [0.1, 0.15) is 6.04 Å². The van der Waals surface area contributed by atoms with E-state index in [1.807, 2.05) is 0 Å². The predicted octanol–water partition coefficient (Wildman–Crippen LogP) is 1.27. The first-order valence-corrected chi connectivity index (χ1v) is 4.20. The Labute approximate surface area is 78.9 Å². The zero-order valence-electron chi connectivity index (χ0n) is 7.25. The fraction of sp³-hybridized carbons (Fsp3) is 0.875. The molecule has 4 heteroatoms. The van der Waals surface area contributed by atoms with Crippen LogP contribution in [0.3, 0.4) is 0 Å². The van der Waals surface area contributed by atoms with E-state index >= 15 is 0 Å². The van der Waals surface area contributed by atoms with Gasteiger partial charge in [0.25, 0.3) is 0 Å². The Kier molecular flexibility index (Phi) is 5.25. The standard InChI is InChI=1S/C8H15NO2.ClH/c1-2-6-3-4-9-7(5-6)8(10)11;/h6-7,9H,2-5H2,1H3,(H,10,11);1H/t6-,7+;/m0./s1. The van der Waals surface area contributed by atoms with Gasteiger partial charge in [-0.25, -0.2) is 0 Å². The first-order chi connectivity index (χ1) is 5.24. The highest BCUT2D eigenvalue weighted by atomic mass is 35.5. The Morgan fingerprint density at radius 3 is 2.83 bits per heavy atom. The van der Waals surface area contributed by atoms with E-state index in [0.29, 0.717) is 5.92 Å². The number of hydrogen-bond donors (Lipinski definition) is 2. The SMILES string of the molecule is CC[C@H]1CCN[C@@H](C(=O)O)C1.Cl. The van der Waals surface area contributed by atoms with Crippen molar-refractivity contribution in [3.05, 3.63) is 0 Å². The minimum Gasteiger partial charge on any atom is -0.480 e. The summed E-state index contributed by atoms with van der Waals surface area (Å²) < 4.78 is 0. The smallest absolute Gasteiger partial charge is 0.320 e. The van der Waals surface area contributed by atoms with Gasteiger partial charge in [0.05, 0.1) is 0 Å². The van der Waals surface area contributed by atoms with Gasteiger partial charge in [-0.1, -0.05) is 13.3 Å². The van der Waals surface area contributed by atoms with Crippen molar-refractivity contribution in [3.8, 4) is 0 Å². The third-order valence-electron chi connectivity index (χ3n) is 2.39. The Hall–Kier alpha value is -0.280. The van der Waals surface area contributed by atoms with Gasteiger partial charge < -0.3 is 10.4 Å². The summed E-state index contributed by atoms with van der Waals surface area (Å²) in [5, 5.41) is 11.7. The van der Waals surface area contributed by atoms with Crippen molar-refractivity contribution in [2.45, 2.75) is 32.2 Å². The molecule has 1 heterocycles. The van der Waals surface area contributed by atoms with Crippen LogP contribution in [0.25, 0.3) is 0 Å². The molecule has 0 aromatic heterocycles. The summed E-state index contributed by atoms with van der Waals surface area (Å²) in [5.41, 5.74) is 0. The molecule has 0 radical (unpaired) electrons. The Morgan fingerprint density at radius 1 is 1.67 bits per heavy atom. The molecule has 0 aromatic carbocycles. The fourth-order valence-electron chi connectivity index (χ4n) is 1.56. The Bertz CT molecular complexity index is 152. The molecule has 0 amide bonds. The van der Waals surface area contributed by atoms with Gasteiger partial charge in [-0.3, -0.25) is 4.79 Å². The molecule has 3 nitrogen and oxygen atoms in total. The molecule has 2 atom stereocenters. The van der Waals surface area contributed by atoms with Crippen LogP contribution >= 0.6 is 12.4 Å². The second-order valence-electron chi connectivity index (χ2n) is 3.14. The quantitative estimate of drug-likeness (QED) is 0.695. The van der Waals surface area contributed by atoms with E-state index in [0.717, 1.165) is 25.8 Å². The summed E-state index contributed by atoms with van der Waals surface area (Å²) in [6.45, 7) is 2.98. The summed E-state index contributed by atoms with van der Waals surface area (Å²) in [7, 11) is 0. The molecule has 0 unspecified atom stereocenters. The summed E-state index contributed by atoms with van der Waals surface area (Å²) in [6.07, 6.45) is 3.03. The van der Waals surface area contributed by atoms with Crippen molar-refractivity contribution in [1.82, 2.24) is 5.32 Å².